The van der Waals surface area contributed by atoms with Gasteiger partial charge in [-0.05, 0) is 74.1 Å². The topological polar surface area (TPSA) is 18.5 Å². The van der Waals surface area contributed by atoms with E-state index in [0.29, 0.717) is 24.4 Å². The molecule has 0 radical (unpaired) electrons. The number of hydrogen-bond acceptors (Lipinski definition) is 2. The molecular formula is C30H36F4O2. The van der Waals surface area contributed by atoms with Gasteiger partial charge in [-0.3, -0.25) is 0 Å². The molecule has 4 rings (SSSR count). The van der Waals surface area contributed by atoms with Gasteiger partial charge >= 0.3 is 0 Å². The third-order valence-electron chi connectivity index (χ3n) is 7.73. The molecule has 0 bridgehead atoms. The van der Waals surface area contributed by atoms with Crippen LogP contribution in [0.4, 0.5) is 17.6 Å². The highest BCUT2D eigenvalue weighted by molar-refractivity contribution is 5.67. The Morgan fingerprint density at radius 1 is 0.750 bits per heavy atom. The van der Waals surface area contributed by atoms with Crippen LogP contribution in [-0.4, -0.2) is 13.2 Å². The fraction of sp³-hybridized carbons (Fsp3) is 0.533. The molecule has 0 amide bonds. The van der Waals surface area contributed by atoms with E-state index in [-0.39, 0.29) is 29.2 Å². The number of benzene rings is 2. The number of rotatable bonds is 12. The van der Waals surface area contributed by atoms with E-state index < -0.39 is 23.3 Å². The minimum atomic E-state index is -1.26. The molecule has 2 aromatic carbocycles. The molecule has 0 N–H and O–H groups in total. The molecule has 3 atom stereocenters. The first kappa shape index (κ1) is 26.6. The minimum absolute atomic E-state index is 0.202. The van der Waals surface area contributed by atoms with Gasteiger partial charge in [0, 0.05) is 11.1 Å². The molecule has 2 aliphatic carbocycles. The van der Waals surface area contributed by atoms with Crippen LogP contribution in [0.2, 0.25) is 0 Å². The Morgan fingerprint density at radius 3 is 2.06 bits per heavy atom. The normalized spacial score (nSPS) is 20.9. The fourth-order valence-electron chi connectivity index (χ4n) is 5.80. The van der Waals surface area contributed by atoms with Crippen LogP contribution in [0, 0.1) is 41.0 Å². The zero-order valence-electron chi connectivity index (χ0n) is 21.2. The average Bonchev–Trinajstić information content (AvgIpc) is 3.46. The molecule has 3 unspecified atom stereocenters. The summed E-state index contributed by atoms with van der Waals surface area (Å²) in [6.07, 6.45) is 11.5. The summed E-state index contributed by atoms with van der Waals surface area (Å²) in [5.74, 6) is -3.95. The van der Waals surface area contributed by atoms with Gasteiger partial charge in [0.2, 0.25) is 11.6 Å². The van der Waals surface area contributed by atoms with Crippen LogP contribution in [-0.2, 0) is 0 Å². The SMILES string of the molecule is CCCCCCOc1ccc(-c2ccc(OCC3CCC4C(CCC)=CCC34)c(F)c2F)c(F)c1F. The monoisotopic (exact) mass is 504 g/mol. The Hall–Kier alpha value is -2.50. The summed E-state index contributed by atoms with van der Waals surface area (Å²) in [5.41, 5.74) is 0.831. The van der Waals surface area contributed by atoms with E-state index in [2.05, 4.69) is 19.9 Å². The van der Waals surface area contributed by atoms with E-state index in [1.54, 1.807) is 0 Å². The zero-order valence-corrected chi connectivity index (χ0v) is 21.2. The van der Waals surface area contributed by atoms with Gasteiger partial charge in [-0.1, -0.05) is 51.2 Å². The Balaban J connectivity index is 1.41. The number of fused-ring (bicyclic) bond motifs is 1. The summed E-state index contributed by atoms with van der Waals surface area (Å²) in [4.78, 5) is 0. The molecule has 196 valence electrons. The summed E-state index contributed by atoms with van der Waals surface area (Å²) >= 11 is 0. The van der Waals surface area contributed by atoms with E-state index >= 15 is 0 Å². The van der Waals surface area contributed by atoms with Crippen molar-refractivity contribution < 1.29 is 27.0 Å². The maximum Gasteiger partial charge on any atom is 0.201 e. The van der Waals surface area contributed by atoms with E-state index in [1.165, 1.54) is 29.8 Å². The zero-order chi connectivity index (χ0) is 25.7. The highest BCUT2D eigenvalue weighted by Gasteiger charge is 2.40. The van der Waals surface area contributed by atoms with Crippen LogP contribution in [0.3, 0.4) is 0 Å². The van der Waals surface area contributed by atoms with Crippen molar-refractivity contribution in [1.82, 2.24) is 0 Å². The predicted octanol–water partition coefficient (Wildman–Crippen LogP) is 9.02. The van der Waals surface area contributed by atoms with Crippen molar-refractivity contribution in [3.8, 4) is 22.6 Å². The number of halogens is 4. The molecule has 0 saturated heterocycles. The summed E-state index contributed by atoms with van der Waals surface area (Å²) in [7, 11) is 0. The largest absolute Gasteiger partial charge is 0.490 e. The molecule has 0 aliphatic heterocycles. The molecule has 2 aromatic rings. The van der Waals surface area contributed by atoms with Crippen LogP contribution in [0.5, 0.6) is 11.5 Å². The first-order valence-corrected chi connectivity index (χ1v) is 13.4. The highest BCUT2D eigenvalue weighted by atomic mass is 19.2. The van der Waals surface area contributed by atoms with Crippen molar-refractivity contribution in [1.29, 1.82) is 0 Å². The van der Waals surface area contributed by atoms with Gasteiger partial charge in [-0.15, -0.1) is 0 Å². The number of allylic oxidation sites excluding steroid dienone is 2. The molecule has 1 saturated carbocycles. The highest BCUT2D eigenvalue weighted by Crippen LogP contribution is 2.49. The third-order valence-corrected chi connectivity index (χ3v) is 7.73. The molecule has 36 heavy (non-hydrogen) atoms. The number of unbranched alkanes of at least 4 members (excludes halogenated alkanes) is 3. The summed E-state index contributed by atoms with van der Waals surface area (Å²) in [6, 6.07) is 5.02. The second kappa shape index (κ2) is 12.2. The molecular weight excluding hydrogens is 468 g/mol. The van der Waals surface area contributed by atoms with Crippen LogP contribution in [0.25, 0.3) is 11.1 Å². The minimum Gasteiger partial charge on any atom is -0.490 e. The van der Waals surface area contributed by atoms with E-state index in [9.17, 15) is 17.6 Å². The van der Waals surface area contributed by atoms with Crippen molar-refractivity contribution in [2.24, 2.45) is 17.8 Å². The van der Waals surface area contributed by atoms with Crippen molar-refractivity contribution in [2.45, 2.75) is 71.6 Å². The lowest BCUT2D eigenvalue weighted by Gasteiger charge is -2.21. The fourth-order valence-corrected chi connectivity index (χ4v) is 5.80. The van der Waals surface area contributed by atoms with E-state index in [0.717, 1.165) is 57.8 Å². The molecule has 2 nitrogen and oxygen atoms in total. The predicted molar refractivity (Wildman–Crippen MR) is 134 cm³/mol. The van der Waals surface area contributed by atoms with Crippen molar-refractivity contribution in [3.05, 3.63) is 59.2 Å². The van der Waals surface area contributed by atoms with Gasteiger partial charge in [0.25, 0.3) is 0 Å². The number of hydrogen-bond donors (Lipinski definition) is 0. The lowest BCUT2D eigenvalue weighted by molar-refractivity contribution is 0.200. The van der Waals surface area contributed by atoms with Gasteiger partial charge in [-0.2, -0.15) is 8.78 Å². The lowest BCUT2D eigenvalue weighted by Crippen LogP contribution is -2.19. The van der Waals surface area contributed by atoms with Gasteiger partial charge in [0.1, 0.15) is 0 Å². The van der Waals surface area contributed by atoms with Crippen molar-refractivity contribution in [2.75, 3.05) is 13.2 Å². The summed E-state index contributed by atoms with van der Waals surface area (Å²) in [5, 5.41) is 0. The summed E-state index contributed by atoms with van der Waals surface area (Å²) in [6.45, 7) is 4.85. The van der Waals surface area contributed by atoms with Crippen LogP contribution in [0.1, 0.15) is 71.6 Å². The van der Waals surface area contributed by atoms with Gasteiger partial charge in [-0.25, -0.2) is 8.78 Å². The molecule has 0 spiro atoms. The van der Waals surface area contributed by atoms with E-state index in [4.69, 9.17) is 9.47 Å². The molecule has 1 fully saturated rings. The lowest BCUT2D eigenvalue weighted by atomic mass is 9.88. The Morgan fingerprint density at radius 2 is 1.42 bits per heavy atom. The van der Waals surface area contributed by atoms with Crippen molar-refractivity contribution in [3.63, 3.8) is 0 Å². The maximum absolute atomic E-state index is 14.9. The number of ether oxygens (including phenoxy) is 2. The van der Waals surface area contributed by atoms with Gasteiger partial charge in [0.05, 0.1) is 13.2 Å². The first-order valence-electron chi connectivity index (χ1n) is 13.4. The van der Waals surface area contributed by atoms with Crippen molar-refractivity contribution >= 4 is 0 Å². The van der Waals surface area contributed by atoms with Crippen LogP contribution in [0.15, 0.2) is 35.9 Å². The molecule has 6 heteroatoms. The second-order valence-corrected chi connectivity index (χ2v) is 10.1. The Labute approximate surface area is 211 Å². The quantitative estimate of drug-likeness (QED) is 0.163. The Kier molecular flexibility index (Phi) is 8.97. The third kappa shape index (κ3) is 5.57. The Bertz CT molecular complexity index is 1080. The molecule has 2 aliphatic rings. The van der Waals surface area contributed by atoms with Crippen LogP contribution >= 0.6 is 0 Å². The second-order valence-electron chi connectivity index (χ2n) is 10.1. The summed E-state index contributed by atoms with van der Waals surface area (Å²) < 4.78 is 70.2. The molecule has 0 aromatic heterocycles. The standard InChI is InChI=1S/C30H36F4O2/c1-3-5-6-7-17-35-25-15-13-23(27(31)29(25)33)24-14-16-26(30(34)28(24)32)36-18-20-10-12-21-19(8-4-2)9-11-22(20)21/h9,13-16,20-22H,3-8,10-12,17-18H2,1-2H3. The average molecular weight is 505 g/mol. The van der Waals surface area contributed by atoms with Crippen LogP contribution < -0.4 is 9.47 Å². The maximum atomic E-state index is 14.9. The van der Waals surface area contributed by atoms with E-state index in [1.807, 2.05) is 0 Å². The molecule has 0 heterocycles. The first-order chi connectivity index (χ1) is 17.5. The van der Waals surface area contributed by atoms with Gasteiger partial charge in [0.15, 0.2) is 23.1 Å². The smallest absolute Gasteiger partial charge is 0.201 e. The van der Waals surface area contributed by atoms with Gasteiger partial charge < -0.3 is 9.47 Å².